The summed E-state index contributed by atoms with van der Waals surface area (Å²) in [5.41, 5.74) is -3.98. The molecule has 2 rings (SSSR count). The molecule has 0 aliphatic rings. The molecule has 0 saturated carbocycles. The summed E-state index contributed by atoms with van der Waals surface area (Å²) in [6.07, 6.45) is -10.2. The lowest BCUT2D eigenvalue weighted by Crippen LogP contribution is -2.20. The number of thiophene rings is 1. The minimum absolute atomic E-state index is 0.0811. The van der Waals surface area contributed by atoms with E-state index in [9.17, 15) is 39.6 Å². The molecule has 2 amide bonds. The van der Waals surface area contributed by atoms with Gasteiger partial charge in [-0.05, 0) is 32.0 Å². The van der Waals surface area contributed by atoms with Crippen molar-refractivity contribution in [3.63, 3.8) is 0 Å². The van der Waals surface area contributed by atoms with Crippen molar-refractivity contribution in [2.45, 2.75) is 36.3 Å². The first kappa shape index (κ1) is 24.3. The van der Waals surface area contributed by atoms with E-state index >= 15 is 0 Å². The molecule has 30 heavy (non-hydrogen) atoms. The van der Waals surface area contributed by atoms with Crippen LogP contribution < -0.4 is 10.6 Å². The lowest BCUT2D eigenvalue weighted by Gasteiger charge is -2.15. The van der Waals surface area contributed by atoms with Crippen LogP contribution in [0.4, 0.5) is 41.8 Å². The Kier molecular flexibility index (Phi) is 6.69. The monoisotopic (exact) mass is 494 g/mol. The van der Waals surface area contributed by atoms with Gasteiger partial charge in [-0.1, -0.05) is 11.6 Å². The van der Waals surface area contributed by atoms with Crippen LogP contribution >= 0.6 is 22.9 Å². The molecule has 166 valence electrons. The average molecular weight is 495 g/mol. The van der Waals surface area contributed by atoms with Gasteiger partial charge in [0.15, 0.2) is 9.84 Å². The largest absolute Gasteiger partial charge is 0.416 e. The predicted octanol–water partition coefficient (Wildman–Crippen LogP) is 6.27. The number of hydrogen-bond acceptors (Lipinski definition) is 4. The van der Waals surface area contributed by atoms with Gasteiger partial charge in [-0.2, -0.15) is 26.3 Å². The highest BCUT2D eigenvalue weighted by Gasteiger charge is 2.37. The van der Waals surface area contributed by atoms with Crippen LogP contribution in [0.15, 0.2) is 28.5 Å². The minimum atomic E-state index is -5.08. The highest BCUT2D eigenvalue weighted by atomic mass is 35.5. The third-order valence-electron chi connectivity index (χ3n) is 3.70. The lowest BCUT2D eigenvalue weighted by atomic mass is 10.1. The fourth-order valence-corrected chi connectivity index (χ4v) is 5.09. The molecule has 0 radical (unpaired) electrons. The van der Waals surface area contributed by atoms with Crippen LogP contribution in [0.25, 0.3) is 0 Å². The second kappa shape index (κ2) is 8.27. The van der Waals surface area contributed by atoms with Crippen molar-refractivity contribution < 1.29 is 39.6 Å². The molecule has 5 nitrogen and oxygen atoms in total. The molecule has 2 N–H and O–H groups in total. The molecule has 0 unspecified atom stereocenters. The summed E-state index contributed by atoms with van der Waals surface area (Å²) < 4.78 is 102. The van der Waals surface area contributed by atoms with E-state index in [-0.39, 0.29) is 21.0 Å². The topological polar surface area (TPSA) is 75.3 Å². The van der Waals surface area contributed by atoms with Crippen LogP contribution in [-0.2, 0) is 22.2 Å². The molecule has 0 saturated heterocycles. The maximum atomic E-state index is 12.9. The SMILES string of the molecule is CC(C)S(=O)(=O)c1csc(NC(=O)Nc2cc(C(F)(F)F)cc(C(F)(F)F)c2)c1Cl. The second-order valence-corrected chi connectivity index (χ2v) is 9.94. The maximum Gasteiger partial charge on any atom is 0.416 e. The summed E-state index contributed by atoms with van der Waals surface area (Å²) in [4.78, 5) is 11.8. The molecule has 14 heteroatoms. The molecular formula is C16H13ClF6N2O3S2. The van der Waals surface area contributed by atoms with Gasteiger partial charge in [0, 0.05) is 11.1 Å². The number of amides is 2. The van der Waals surface area contributed by atoms with E-state index < -0.39 is 50.3 Å². The van der Waals surface area contributed by atoms with Gasteiger partial charge in [-0.25, -0.2) is 13.2 Å². The smallest absolute Gasteiger partial charge is 0.308 e. The Balaban J connectivity index is 2.30. The van der Waals surface area contributed by atoms with Crippen LogP contribution in [-0.4, -0.2) is 19.7 Å². The van der Waals surface area contributed by atoms with E-state index in [4.69, 9.17) is 11.6 Å². The van der Waals surface area contributed by atoms with Gasteiger partial charge in [0.25, 0.3) is 0 Å². The number of rotatable bonds is 4. The summed E-state index contributed by atoms with van der Waals surface area (Å²) in [7, 11) is -3.77. The predicted molar refractivity (Wildman–Crippen MR) is 101 cm³/mol. The summed E-state index contributed by atoms with van der Waals surface area (Å²) in [5, 5.41) is 3.88. The third kappa shape index (κ3) is 5.38. The number of carbonyl (C=O) groups is 1. The lowest BCUT2D eigenvalue weighted by molar-refractivity contribution is -0.143. The van der Waals surface area contributed by atoms with E-state index in [1.54, 1.807) is 0 Å². The maximum absolute atomic E-state index is 12.9. The molecule has 0 spiro atoms. The second-order valence-electron chi connectivity index (χ2n) is 6.21. The van der Waals surface area contributed by atoms with Gasteiger partial charge < -0.3 is 5.32 Å². The van der Waals surface area contributed by atoms with Crippen molar-refractivity contribution in [1.82, 2.24) is 0 Å². The van der Waals surface area contributed by atoms with Crippen molar-refractivity contribution in [2.75, 3.05) is 10.6 Å². The van der Waals surface area contributed by atoms with Gasteiger partial charge in [0.1, 0.15) is 5.00 Å². The summed E-state index contributed by atoms with van der Waals surface area (Å²) in [6, 6.07) is -0.624. The van der Waals surface area contributed by atoms with E-state index in [2.05, 4.69) is 5.32 Å². The fourth-order valence-electron chi connectivity index (χ4n) is 2.15. The Hall–Kier alpha value is -1.99. The molecule has 0 fully saturated rings. The zero-order valence-electron chi connectivity index (χ0n) is 15.1. The van der Waals surface area contributed by atoms with E-state index in [1.165, 1.54) is 19.2 Å². The number of nitrogens with one attached hydrogen (secondary N) is 2. The minimum Gasteiger partial charge on any atom is -0.308 e. The van der Waals surface area contributed by atoms with E-state index in [0.717, 1.165) is 11.3 Å². The van der Waals surface area contributed by atoms with Crippen molar-refractivity contribution in [3.8, 4) is 0 Å². The Morgan fingerprint density at radius 2 is 1.50 bits per heavy atom. The molecule has 0 aliphatic carbocycles. The van der Waals surface area contributed by atoms with Gasteiger partial charge in [-0.15, -0.1) is 11.3 Å². The van der Waals surface area contributed by atoms with Gasteiger partial charge in [0.05, 0.1) is 26.3 Å². The zero-order valence-corrected chi connectivity index (χ0v) is 17.5. The number of benzene rings is 1. The highest BCUT2D eigenvalue weighted by Crippen LogP contribution is 2.39. The van der Waals surface area contributed by atoms with Crippen molar-refractivity contribution in [1.29, 1.82) is 0 Å². The van der Waals surface area contributed by atoms with Gasteiger partial charge >= 0.3 is 18.4 Å². The normalized spacial score (nSPS) is 12.9. The number of halogens is 7. The van der Waals surface area contributed by atoms with Crippen molar-refractivity contribution in [3.05, 3.63) is 39.7 Å². The number of carbonyl (C=O) groups excluding carboxylic acids is 1. The molecule has 1 aromatic heterocycles. The molecule has 1 aromatic carbocycles. The number of alkyl halides is 6. The summed E-state index contributed by atoms with van der Waals surface area (Å²) >= 11 is 6.69. The fraction of sp³-hybridized carbons (Fsp3) is 0.312. The molecule has 0 aliphatic heterocycles. The zero-order chi connectivity index (χ0) is 23.1. The van der Waals surface area contributed by atoms with Crippen LogP contribution in [0, 0.1) is 0 Å². The first-order chi connectivity index (χ1) is 13.5. The summed E-state index contributed by atoms with van der Waals surface area (Å²) in [6.45, 7) is 2.82. The van der Waals surface area contributed by atoms with Gasteiger partial charge in [0.2, 0.25) is 0 Å². The summed E-state index contributed by atoms with van der Waals surface area (Å²) in [5.74, 6) is 0. The first-order valence-electron chi connectivity index (χ1n) is 7.92. The quantitative estimate of drug-likeness (QED) is 0.492. The van der Waals surface area contributed by atoms with E-state index in [0.29, 0.717) is 12.1 Å². The molecule has 1 heterocycles. The Labute approximate surface area is 176 Å². The van der Waals surface area contributed by atoms with Crippen molar-refractivity contribution in [2.24, 2.45) is 0 Å². The number of urea groups is 1. The van der Waals surface area contributed by atoms with Crippen LogP contribution in [0.2, 0.25) is 5.02 Å². The molecule has 0 atom stereocenters. The Bertz CT molecular complexity index is 1030. The molecular weight excluding hydrogens is 482 g/mol. The highest BCUT2D eigenvalue weighted by molar-refractivity contribution is 7.92. The molecule has 0 bridgehead atoms. The van der Waals surface area contributed by atoms with Crippen molar-refractivity contribution >= 4 is 49.5 Å². The number of hydrogen-bond donors (Lipinski definition) is 2. The van der Waals surface area contributed by atoms with Crippen LogP contribution in [0.5, 0.6) is 0 Å². The number of anilines is 2. The Morgan fingerprint density at radius 1 is 1.00 bits per heavy atom. The Morgan fingerprint density at radius 3 is 1.93 bits per heavy atom. The standard InChI is InChI=1S/C16H13ClF6N2O3S2/c1-7(2)30(27,28)11-6-29-13(12(11)17)25-14(26)24-10-4-8(15(18,19)20)3-9(5-10)16(21,22)23/h3-7H,1-2H3,(H2,24,25,26). The third-order valence-corrected chi connectivity index (χ3v) is 7.54. The van der Waals surface area contributed by atoms with Crippen LogP contribution in [0.3, 0.4) is 0 Å². The number of sulfone groups is 1. The average Bonchev–Trinajstić information content (AvgIpc) is 2.94. The van der Waals surface area contributed by atoms with Crippen LogP contribution in [0.1, 0.15) is 25.0 Å². The van der Waals surface area contributed by atoms with E-state index in [1.807, 2.05) is 5.32 Å². The van der Waals surface area contributed by atoms with Gasteiger partial charge in [-0.3, -0.25) is 5.32 Å². The molecule has 2 aromatic rings. The first-order valence-corrected chi connectivity index (χ1v) is 10.7.